The number of methoxy groups -OCH3 is 1. The SMILES string of the molecule is COC1=CC([C@@H]2C[C@@H]3CCC(=O)[C@@]2(C(=O)OC(C)(C)C)O3)=CC(=O)C1=O. The first kappa shape index (κ1) is 18.5. The summed E-state index contributed by atoms with van der Waals surface area (Å²) in [6, 6.07) is 0. The molecule has 0 amide bonds. The largest absolute Gasteiger partial charge is 0.492 e. The Balaban J connectivity index is 2.05. The van der Waals surface area contributed by atoms with Crippen LogP contribution in [0.4, 0.5) is 0 Å². The van der Waals surface area contributed by atoms with Gasteiger partial charge in [-0.15, -0.1) is 0 Å². The molecule has 2 bridgehead atoms. The number of hydrogen-bond donors (Lipinski definition) is 0. The van der Waals surface area contributed by atoms with E-state index in [0.717, 1.165) is 0 Å². The summed E-state index contributed by atoms with van der Waals surface area (Å²) in [6.45, 7) is 5.13. The normalized spacial score (nSPS) is 31.5. The lowest BCUT2D eigenvalue weighted by molar-refractivity contribution is -0.191. The fraction of sp³-hybridized carbons (Fsp3) is 0.579. The standard InChI is InChI=1S/C19H22O7/c1-18(2,3)26-17(23)19-12(9-11(25-19)5-6-15(19)21)10-7-13(20)16(22)14(8-10)24-4/h7-8,11-12H,5-6,9H2,1-4H3/t11-,12-,19-/m0/s1. The van der Waals surface area contributed by atoms with E-state index in [1.807, 2.05) is 0 Å². The minimum Gasteiger partial charge on any atom is -0.492 e. The molecule has 0 aromatic rings. The van der Waals surface area contributed by atoms with E-state index >= 15 is 0 Å². The number of esters is 1. The van der Waals surface area contributed by atoms with Crippen LogP contribution in [0.15, 0.2) is 23.5 Å². The lowest BCUT2D eigenvalue weighted by Crippen LogP contribution is -2.56. The van der Waals surface area contributed by atoms with E-state index < -0.39 is 34.7 Å². The molecule has 2 aliphatic heterocycles. The van der Waals surface area contributed by atoms with Gasteiger partial charge >= 0.3 is 5.97 Å². The molecular weight excluding hydrogens is 340 g/mol. The van der Waals surface area contributed by atoms with E-state index in [9.17, 15) is 19.2 Å². The van der Waals surface area contributed by atoms with Crippen LogP contribution < -0.4 is 0 Å². The molecule has 0 aromatic carbocycles. The first-order valence-electron chi connectivity index (χ1n) is 8.59. The van der Waals surface area contributed by atoms with Gasteiger partial charge in [-0.3, -0.25) is 14.4 Å². The average Bonchev–Trinajstić information content (AvgIpc) is 2.88. The van der Waals surface area contributed by atoms with Crippen LogP contribution in [0, 0.1) is 5.92 Å². The van der Waals surface area contributed by atoms with E-state index in [-0.39, 0.29) is 24.1 Å². The number of rotatable bonds is 3. The van der Waals surface area contributed by atoms with E-state index in [4.69, 9.17) is 14.2 Å². The molecule has 1 aliphatic carbocycles. The molecule has 0 saturated carbocycles. The Labute approximate surface area is 151 Å². The zero-order valence-corrected chi connectivity index (χ0v) is 15.3. The zero-order valence-electron chi connectivity index (χ0n) is 15.3. The van der Waals surface area contributed by atoms with Crippen LogP contribution in [0.5, 0.6) is 0 Å². The van der Waals surface area contributed by atoms with Crippen molar-refractivity contribution in [2.24, 2.45) is 5.92 Å². The molecule has 0 radical (unpaired) electrons. The molecular formula is C19H22O7. The predicted molar refractivity (Wildman–Crippen MR) is 89.0 cm³/mol. The number of Topliss-reactive ketones (excluding diaryl/α,β-unsaturated/α-hetero) is 2. The molecule has 0 aromatic heterocycles. The van der Waals surface area contributed by atoms with Crippen LogP contribution in [0.2, 0.25) is 0 Å². The van der Waals surface area contributed by atoms with Gasteiger partial charge in [0.05, 0.1) is 13.2 Å². The summed E-state index contributed by atoms with van der Waals surface area (Å²) in [6.07, 6.45) is 3.42. The van der Waals surface area contributed by atoms with Crippen LogP contribution >= 0.6 is 0 Å². The maximum Gasteiger partial charge on any atom is 0.347 e. The molecule has 0 spiro atoms. The number of ether oxygens (including phenoxy) is 3. The van der Waals surface area contributed by atoms with Gasteiger partial charge in [0.25, 0.3) is 5.78 Å². The molecule has 0 unspecified atom stereocenters. The summed E-state index contributed by atoms with van der Waals surface area (Å²) in [7, 11) is 1.29. The second kappa shape index (κ2) is 6.16. The number of ketones is 3. The molecule has 2 fully saturated rings. The lowest BCUT2D eigenvalue weighted by atomic mass is 9.77. The third kappa shape index (κ3) is 2.90. The van der Waals surface area contributed by atoms with Crippen molar-refractivity contribution in [2.75, 3.05) is 7.11 Å². The van der Waals surface area contributed by atoms with Crippen LogP contribution in [-0.2, 0) is 33.4 Å². The van der Waals surface area contributed by atoms with Crippen molar-refractivity contribution in [2.45, 2.75) is 57.3 Å². The number of hydrogen-bond acceptors (Lipinski definition) is 7. The number of fused-ring (bicyclic) bond motifs is 2. The van der Waals surface area contributed by atoms with Crippen molar-refractivity contribution in [1.82, 2.24) is 0 Å². The fourth-order valence-corrected chi connectivity index (χ4v) is 3.72. The van der Waals surface area contributed by atoms with Gasteiger partial charge < -0.3 is 14.2 Å². The summed E-state index contributed by atoms with van der Waals surface area (Å²) >= 11 is 0. The quantitative estimate of drug-likeness (QED) is 0.324. The predicted octanol–water partition coefficient (Wildman–Crippen LogP) is 1.44. The molecule has 3 atom stereocenters. The van der Waals surface area contributed by atoms with Crippen LogP contribution in [-0.4, -0.2) is 47.7 Å². The van der Waals surface area contributed by atoms with Crippen molar-refractivity contribution in [3.05, 3.63) is 23.5 Å². The third-order valence-corrected chi connectivity index (χ3v) is 4.82. The Bertz CT molecular complexity index is 752. The molecule has 26 heavy (non-hydrogen) atoms. The second-order valence-corrected chi connectivity index (χ2v) is 7.78. The monoisotopic (exact) mass is 362 g/mol. The lowest BCUT2D eigenvalue weighted by Gasteiger charge is -2.36. The van der Waals surface area contributed by atoms with E-state index in [1.165, 1.54) is 19.3 Å². The molecule has 2 heterocycles. The maximum atomic E-state index is 13.0. The molecule has 2 saturated heterocycles. The molecule has 3 aliphatic rings. The highest BCUT2D eigenvalue weighted by atomic mass is 16.6. The number of carbonyl (C=O) groups excluding carboxylic acids is 4. The van der Waals surface area contributed by atoms with Crippen molar-refractivity contribution in [1.29, 1.82) is 0 Å². The summed E-state index contributed by atoms with van der Waals surface area (Å²) in [4.78, 5) is 49.6. The van der Waals surface area contributed by atoms with Crippen LogP contribution in [0.1, 0.15) is 40.0 Å². The van der Waals surface area contributed by atoms with E-state index in [2.05, 4.69) is 0 Å². The number of allylic oxidation sites excluding steroid dienone is 3. The fourth-order valence-electron chi connectivity index (χ4n) is 3.72. The average molecular weight is 362 g/mol. The first-order valence-corrected chi connectivity index (χ1v) is 8.59. The van der Waals surface area contributed by atoms with E-state index in [0.29, 0.717) is 18.4 Å². The van der Waals surface area contributed by atoms with Crippen molar-refractivity contribution in [3.63, 3.8) is 0 Å². The number of carbonyl (C=O) groups is 4. The minimum atomic E-state index is -1.78. The molecule has 7 heteroatoms. The third-order valence-electron chi connectivity index (χ3n) is 4.82. The Morgan fingerprint density at radius 3 is 2.54 bits per heavy atom. The Hall–Kier alpha value is -2.28. The molecule has 3 rings (SSSR count). The highest BCUT2D eigenvalue weighted by Gasteiger charge is 2.63. The van der Waals surface area contributed by atoms with Crippen LogP contribution in [0.3, 0.4) is 0 Å². The summed E-state index contributed by atoms with van der Waals surface area (Å²) in [5.74, 6) is -3.41. The molecule has 0 N–H and O–H groups in total. The molecule has 7 nitrogen and oxygen atoms in total. The Morgan fingerprint density at radius 1 is 1.23 bits per heavy atom. The van der Waals surface area contributed by atoms with Gasteiger partial charge in [-0.2, -0.15) is 0 Å². The smallest absolute Gasteiger partial charge is 0.347 e. The van der Waals surface area contributed by atoms with Gasteiger partial charge in [-0.1, -0.05) is 0 Å². The maximum absolute atomic E-state index is 13.0. The summed E-state index contributed by atoms with van der Waals surface area (Å²) in [5.41, 5.74) is -2.19. The van der Waals surface area contributed by atoms with Crippen molar-refractivity contribution < 1.29 is 33.4 Å². The topological polar surface area (TPSA) is 96.0 Å². The Kier molecular flexibility index (Phi) is 4.38. The van der Waals surface area contributed by atoms with Crippen molar-refractivity contribution in [3.8, 4) is 0 Å². The summed E-state index contributed by atoms with van der Waals surface area (Å²) < 4.78 is 16.3. The van der Waals surface area contributed by atoms with E-state index in [1.54, 1.807) is 20.8 Å². The Morgan fingerprint density at radius 2 is 1.92 bits per heavy atom. The van der Waals surface area contributed by atoms with Crippen molar-refractivity contribution >= 4 is 23.3 Å². The highest BCUT2D eigenvalue weighted by molar-refractivity contribution is 6.47. The van der Waals surface area contributed by atoms with Gasteiger partial charge in [0, 0.05) is 12.3 Å². The van der Waals surface area contributed by atoms with Gasteiger partial charge in [-0.05, 0) is 51.3 Å². The van der Waals surface area contributed by atoms with Gasteiger partial charge in [-0.25, -0.2) is 4.79 Å². The first-order chi connectivity index (χ1) is 12.1. The zero-order chi connectivity index (χ0) is 19.3. The van der Waals surface area contributed by atoms with Gasteiger partial charge in [0.15, 0.2) is 11.5 Å². The highest BCUT2D eigenvalue weighted by Crippen LogP contribution is 2.49. The molecule has 140 valence electrons. The summed E-state index contributed by atoms with van der Waals surface area (Å²) in [5, 5.41) is 0. The van der Waals surface area contributed by atoms with Gasteiger partial charge in [0.2, 0.25) is 11.4 Å². The van der Waals surface area contributed by atoms with Gasteiger partial charge in [0.1, 0.15) is 5.60 Å². The van der Waals surface area contributed by atoms with Crippen LogP contribution in [0.25, 0.3) is 0 Å². The second-order valence-electron chi connectivity index (χ2n) is 7.78. The minimum absolute atomic E-state index is 0.110.